The summed E-state index contributed by atoms with van der Waals surface area (Å²) in [5.74, 6) is 0.759. The third-order valence-electron chi connectivity index (χ3n) is 8.93. The zero-order valence-electron chi connectivity index (χ0n) is 30.0. The Morgan fingerprint density at radius 1 is 0.524 bits per heavy atom. The van der Waals surface area contributed by atoms with Crippen LogP contribution in [0.4, 0.5) is 0 Å². The molecule has 0 heterocycles. The van der Waals surface area contributed by atoms with E-state index < -0.39 is 0 Å². The molecule has 0 radical (unpaired) electrons. The van der Waals surface area contributed by atoms with Crippen molar-refractivity contribution in [2.24, 2.45) is 0 Å². The average molecular weight is 593 g/mol. The van der Waals surface area contributed by atoms with Crippen LogP contribution in [0.3, 0.4) is 0 Å². The van der Waals surface area contributed by atoms with Gasteiger partial charge in [-0.25, -0.2) is 0 Å². The highest BCUT2D eigenvalue weighted by molar-refractivity contribution is 5.84. The molecule has 0 rings (SSSR count). The molecule has 0 aromatic rings. The molecule has 0 aromatic heterocycles. The molecule has 252 valence electrons. The van der Waals surface area contributed by atoms with E-state index in [1.54, 1.807) is 0 Å². The summed E-state index contributed by atoms with van der Waals surface area (Å²) in [7, 11) is 0. The summed E-state index contributed by atoms with van der Waals surface area (Å²) in [4.78, 5) is 2.34. The maximum Gasteiger partial charge on any atom is 0.113 e. The molecule has 0 saturated carbocycles. The lowest BCUT2D eigenvalue weighted by Gasteiger charge is -2.40. The van der Waals surface area contributed by atoms with Crippen molar-refractivity contribution < 1.29 is 0 Å². The van der Waals surface area contributed by atoms with Crippen LogP contribution >= 0.6 is 0 Å². The predicted molar refractivity (Wildman–Crippen MR) is 191 cm³/mol. The standard InChI is InChI=1S/C38H80N4/c1-7-9-11-13-15-17-19-21-23-25-27-29-32-40-33-31-34-41-36(3)37(39)42(38(4,5)6)35-30-28-26-24-22-20-18-16-14-12-10-8-2/h36,39-41H,7-35H2,1-6H3. The zero-order chi connectivity index (χ0) is 31.2. The van der Waals surface area contributed by atoms with E-state index in [4.69, 9.17) is 5.41 Å². The van der Waals surface area contributed by atoms with Crippen LogP contribution in [0.25, 0.3) is 0 Å². The minimum absolute atomic E-state index is 0.000596. The van der Waals surface area contributed by atoms with E-state index >= 15 is 0 Å². The Morgan fingerprint density at radius 2 is 0.881 bits per heavy atom. The van der Waals surface area contributed by atoms with Crippen LogP contribution in [-0.4, -0.2) is 48.5 Å². The lowest BCUT2D eigenvalue weighted by molar-refractivity contribution is 0.222. The fraction of sp³-hybridized carbons (Fsp3) is 0.974. The van der Waals surface area contributed by atoms with Crippen molar-refractivity contribution in [2.75, 3.05) is 26.2 Å². The van der Waals surface area contributed by atoms with Gasteiger partial charge in [-0.3, -0.25) is 5.41 Å². The Morgan fingerprint density at radius 3 is 1.29 bits per heavy atom. The molecule has 0 saturated heterocycles. The molecule has 0 aliphatic heterocycles. The molecule has 1 unspecified atom stereocenters. The van der Waals surface area contributed by atoms with Gasteiger partial charge in [0.25, 0.3) is 0 Å². The fourth-order valence-corrected chi connectivity index (χ4v) is 6.01. The second-order valence-electron chi connectivity index (χ2n) is 14.3. The number of rotatable bonds is 32. The zero-order valence-corrected chi connectivity index (χ0v) is 30.0. The van der Waals surface area contributed by atoms with Crippen molar-refractivity contribution in [3.05, 3.63) is 0 Å². The van der Waals surface area contributed by atoms with Crippen LogP contribution in [0.15, 0.2) is 0 Å². The molecule has 0 bridgehead atoms. The summed E-state index contributed by atoms with van der Waals surface area (Å²) >= 11 is 0. The van der Waals surface area contributed by atoms with Gasteiger partial charge in [-0.05, 0) is 66.6 Å². The van der Waals surface area contributed by atoms with Crippen molar-refractivity contribution in [3.8, 4) is 0 Å². The van der Waals surface area contributed by atoms with E-state index in [2.05, 4.69) is 57.1 Å². The number of hydrogen-bond acceptors (Lipinski definition) is 3. The van der Waals surface area contributed by atoms with Crippen molar-refractivity contribution in [2.45, 2.75) is 214 Å². The smallest absolute Gasteiger partial charge is 0.113 e. The van der Waals surface area contributed by atoms with E-state index in [9.17, 15) is 0 Å². The van der Waals surface area contributed by atoms with Gasteiger partial charge < -0.3 is 15.5 Å². The lowest BCUT2D eigenvalue weighted by atomic mass is 10.0. The van der Waals surface area contributed by atoms with Gasteiger partial charge >= 0.3 is 0 Å². The molecule has 1 atom stereocenters. The van der Waals surface area contributed by atoms with Gasteiger partial charge in [0.2, 0.25) is 0 Å². The van der Waals surface area contributed by atoms with Crippen LogP contribution in [-0.2, 0) is 0 Å². The van der Waals surface area contributed by atoms with Gasteiger partial charge in [0.15, 0.2) is 0 Å². The first-order valence-corrected chi connectivity index (χ1v) is 19.1. The number of hydrogen-bond donors (Lipinski definition) is 3. The van der Waals surface area contributed by atoms with Crippen LogP contribution in [0, 0.1) is 5.41 Å². The largest absolute Gasteiger partial charge is 0.354 e. The highest BCUT2D eigenvalue weighted by atomic mass is 15.2. The van der Waals surface area contributed by atoms with Gasteiger partial charge in [0, 0.05) is 12.1 Å². The van der Waals surface area contributed by atoms with E-state index in [0.717, 1.165) is 38.4 Å². The minimum atomic E-state index is 0.000596. The number of nitrogens with zero attached hydrogens (tertiary/aromatic N) is 1. The Balaban J connectivity index is 3.76. The lowest BCUT2D eigenvalue weighted by Crippen LogP contribution is -2.52. The molecule has 4 nitrogen and oxygen atoms in total. The molecule has 0 amide bonds. The Labute approximate surface area is 266 Å². The SMILES string of the molecule is CCCCCCCCCCCCCCNCCCNC(C)C(=N)N(CCCCCCCCCCCCCC)C(C)(C)C. The number of nitrogens with one attached hydrogen (secondary N) is 3. The van der Waals surface area contributed by atoms with Gasteiger partial charge in [0.05, 0.1) is 6.04 Å². The van der Waals surface area contributed by atoms with Crippen LogP contribution < -0.4 is 10.6 Å². The summed E-state index contributed by atoms with van der Waals surface area (Å²) in [6.07, 6.45) is 34.6. The number of amidine groups is 1. The summed E-state index contributed by atoms with van der Waals surface area (Å²) in [5.41, 5.74) is 0.000596. The molecule has 0 aromatic carbocycles. The molecule has 0 aliphatic carbocycles. The topological polar surface area (TPSA) is 51.1 Å². The van der Waals surface area contributed by atoms with Crippen LogP contribution in [0.5, 0.6) is 0 Å². The molecule has 42 heavy (non-hydrogen) atoms. The van der Waals surface area contributed by atoms with Gasteiger partial charge in [0.1, 0.15) is 5.84 Å². The van der Waals surface area contributed by atoms with Crippen molar-refractivity contribution in [1.82, 2.24) is 15.5 Å². The van der Waals surface area contributed by atoms with E-state index in [1.807, 2.05) is 0 Å². The van der Waals surface area contributed by atoms with Crippen LogP contribution in [0.2, 0.25) is 0 Å². The molecular formula is C38H80N4. The normalized spacial score (nSPS) is 12.6. The fourth-order valence-electron chi connectivity index (χ4n) is 6.01. The highest BCUT2D eigenvalue weighted by Gasteiger charge is 2.26. The van der Waals surface area contributed by atoms with Crippen LogP contribution in [0.1, 0.15) is 202 Å². The van der Waals surface area contributed by atoms with Gasteiger partial charge in [-0.15, -0.1) is 0 Å². The summed E-state index contributed by atoms with van der Waals surface area (Å²) in [6, 6.07) is 0.109. The summed E-state index contributed by atoms with van der Waals surface area (Å²) in [6.45, 7) is 17.7. The monoisotopic (exact) mass is 593 g/mol. The highest BCUT2D eigenvalue weighted by Crippen LogP contribution is 2.18. The Bertz CT molecular complexity index is 556. The number of unbranched alkanes of at least 4 members (excludes halogenated alkanes) is 22. The molecule has 0 aliphatic rings. The molecular weight excluding hydrogens is 512 g/mol. The van der Waals surface area contributed by atoms with E-state index in [-0.39, 0.29) is 11.6 Å². The maximum absolute atomic E-state index is 8.91. The predicted octanol–water partition coefficient (Wildman–Crippen LogP) is 11.4. The van der Waals surface area contributed by atoms with E-state index in [0.29, 0.717) is 0 Å². The molecule has 0 spiro atoms. The third kappa shape index (κ3) is 27.0. The Hall–Kier alpha value is -0.610. The second kappa shape index (κ2) is 30.4. The Kier molecular flexibility index (Phi) is 30.0. The molecule has 0 fully saturated rings. The first-order chi connectivity index (χ1) is 20.3. The van der Waals surface area contributed by atoms with E-state index in [1.165, 1.54) is 154 Å². The summed E-state index contributed by atoms with van der Waals surface area (Å²) in [5, 5.41) is 16.2. The summed E-state index contributed by atoms with van der Waals surface area (Å²) < 4.78 is 0. The second-order valence-corrected chi connectivity index (χ2v) is 14.3. The van der Waals surface area contributed by atoms with Gasteiger partial charge in [-0.1, -0.05) is 155 Å². The first kappa shape index (κ1) is 41.4. The van der Waals surface area contributed by atoms with Crippen molar-refractivity contribution in [3.63, 3.8) is 0 Å². The first-order valence-electron chi connectivity index (χ1n) is 19.1. The van der Waals surface area contributed by atoms with Gasteiger partial charge in [-0.2, -0.15) is 0 Å². The third-order valence-corrected chi connectivity index (χ3v) is 8.93. The minimum Gasteiger partial charge on any atom is -0.354 e. The maximum atomic E-state index is 8.91. The quantitative estimate of drug-likeness (QED) is 0.0413. The average Bonchev–Trinajstić information content (AvgIpc) is 2.96. The van der Waals surface area contributed by atoms with Crippen molar-refractivity contribution in [1.29, 1.82) is 5.41 Å². The molecule has 4 heteroatoms. The molecule has 3 N–H and O–H groups in total. The van der Waals surface area contributed by atoms with Crippen molar-refractivity contribution >= 4 is 5.84 Å².